The average Bonchev–Trinajstić information content (AvgIpc) is 3.04. The lowest BCUT2D eigenvalue weighted by Gasteiger charge is -2.47. The van der Waals surface area contributed by atoms with E-state index in [0.29, 0.717) is 16.2 Å². The molecule has 1 N–H and O–H groups in total. The Balaban J connectivity index is 1.89. The molecule has 1 spiro atoms. The number of thiophene rings is 1. The maximum atomic E-state index is 13.9. The van der Waals surface area contributed by atoms with Gasteiger partial charge in [-0.05, 0) is 40.2 Å². The van der Waals surface area contributed by atoms with Crippen LogP contribution in [0.15, 0.2) is 6.07 Å². The molecule has 1 amide bonds. The van der Waals surface area contributed by atoms with E-state index in [1.165, 1.54) is 0 Å². The molecule has 0 bridgehead atoms. The van der Waals surface area contributed by atoms with E-state index in [2.05, 4.69) is 0 Å². The van der Waals surface area contributed by atoms with Crippen LogP contribution in [0, 0.1) is 0 Å². The molecule has 0 aliphatic carbocycles. The average molecular weight is 439 g/mol. The van der Waals surface area contributed by atoms with Gasteiger partial charge in [-0.2, -0.15) is 8.78 Å². The van der Waals surface area contributed by atoms with Gasteiger partial charge in [-0.1, -0.05) is 0 Å². The molecule has 1 aromatic heterocycles. The van der Waals surface area contributed by atoms with Crippen LogP contribution in [0.3, 0.4) is 0 Å². The smallest absolute Gasteiger partial charge is 0.410 e. The quantitative estimate of drug-likeness (QED) is 0.674. The lowest BCUT2D eigenvalue weighted by Crippen LogP contribution is -2.53. The summed E-state index contributed by atoms with van der Waals surface area (Å²) >= 11 is 0.552. The zero-order valence-corrected chi connectivity index (χ0v) is 17.5. The van der Waals surface area contributed by atoms with Gasteiger partial charge < -0.3 is 19.5 Å². The fraction of sp³-hybridized carbons (Fsp3) is 0.737. The largest absolute Gasteiger partial charge is 0.444 e. The molecule has 0 aromatic carbocycles. The number of amides is 1. The molecule has 3 heterocycles. The molecular formula is C19H25F4NO4S. The standard InChI is InChI=1S/C19H25F4NO4S/c1-10-8-18(5-6-24(10)16(26)28-17(2,3)4)14-11(12(25)9-27-18)7-13(29-14)19(22,23)15(20)21/h7,10,12,15,25H,5-6,8-9H2,1-4H3/t10-,12?,18+/m0/s1. The molecule has 164 valence electrons. The first kappa shape index (κ1) is 22.3. The number of carbonyl (C=O) groups excluding carboxylic acids is 1. The van der Waals surface area contributed by atoms with Crippen molar-refractivity contribution in [2.75, 3.05) is 13.2 Å². The first-order valence-electron chi connectivity index (χ1n) is 9.39. The van der Waals surface area contributed by atoms with E-state index in [0.717, 1.165) is 6.07 Å². The number of alkyl halides is 4. The number of nitrogens with zero attached hydrogens (tertiary/aromatic N) is 1. The molecule has 1 saturated heterocycles. The summed E-state index contributed by atoms with van der Waals surface area (Å²) in [5, 5.41) is 10.2. The highest BCUT2D eigenvalue weighted by molar-refractivity contribution is 7.12. The maximum absolute atomic E-state index is 13.9. The third-order valence-electron chi connectivity index (χ3n) is 5.20. The lowest BCUT2D eigenvalue weighted by atomic mass is 9.81. The van der Waals surface area contributed by atoms with Crippen LogP contribution in [-0.2, 0) is 21.0 Å². The van der Waals surface area contributed by atoms with Crippen LogP contribution in [0.2, 0.25) is 0 Å². The summed E-state index contributed by atoms with van der Waals surface area (Å²) in [5.74, 6) is -4.30. The van der Waals surface area contributed by atoms with Gasteiger partial charge in [0.2, 0.25) is 0 Å². The summed E-state index contributed by atoms with van der Waals surface area (Å²) in [6.45, 7) is 7.20. The van der Waals surface area contributed by atoms with Gasteiger partial charge in [-0.25, -0.2) is 13.6 Å². The third kappa shape index (κ3) is 4.11. The molecule has 1 aromatic rings. The van der Waals surface area contributed by atoms with E-state index in [1.807, 2.05) is 0 Å². The van der Waals surface area contributed by atoms with Crippen LogP contribution in [0.4, 0.5) is 22.4 Å². The molecule has 2 aliphatic heterocycles. The Bertz CT molecular complexity index is 779. The zero-order valence-electron chi connectivity index (χ0n) is 16.7. The van der Waals surface area contributed by atoms with Crippen molar-refractivity contribution in [3.63, 3.8) is 0 Å². The van der Waals surface area contributed by atoms with Crippen molar-refractivity contribution < 1.29 is 36.9 Å². The van der Waals surface area contributed by atoms with Crippen molar-refractivity contribution in [2.45, 2.75) is 76.2 Å². The van der Waals surface area contributed by atoms with E-state index in [9.17, 15) is 27.5 Å². The Morgan fingerprint density at radius 2 is 2.07 bits per heavy atom. The molecule has 2 aliphatic rings. The first-order valence-corrected chi connectivity index (χ1v) is 10.2. The molecule has 5 nitrogen and oxygen atoms in total. The lowest BCUT2D eigenvalue weighted by molar-refractivity contribution is -0.137. The van der Waals surface area contributed by atoms with E-state index >= 15 is 0 Å². The summed E-state index contributed by atoms with van der Waals surface area (Å²) in [4.78, 5) is 13.5. The molecule has 0 saturated carbocycles. The second-order valence-corrected chi connectivity index (χ2v) is 9.67. The Hall–Kier alpha value is -1.39. The predicted octanol–water partition coefficient (Wildman–Crippen LogP) is 4.78. The zero-order chi connectivity index (χ0) is 21.8. The number of rotatable bonds is 2. The van der Waals surface area contributed by atoms with E-state index in [4.69, 9.17) is 9.47 Å². The summed E-state index contributed by atoms with van der Waals surface area (Å²) in [5.41, 5.74) is -1.46. The number of halogens is 4. The van der Waals surface area contributed by atoms with Crippen molar-refractivity contribution in [3.8, 4) is 0 Å². The number of fused-ring (bicyclic) bond motifs is 2. The minimum absolute atomic E-state index is 0.122. The van der Waals surface area contributed by atoms with E-state index in [-0.39, 0.29) is 37.6 Å². The van der Waals surface area contributed by atoms with Crippen LogP contribution in [0.25, 0.3) is 0 Å². The predicted molar refractivity (Wildman–Crippen MR) is 98.4 cm³/mol. The van der Waals surface area contributed by atoms with E-state index < -0.39 is 40.6 Å². The van der Waals surface area contributed by atoms with Gasteiger partial charge in [0.15, 0.2) is 0 Å². The highest BCUT2D eigenvalue weighted by Gasteiger charge is 2.51. The summed E-state index contributed by atoms with van der Waals surface area (Å²) in [6.07, 6.45) is -4.91. The molecule has 3 atom stereocenters. The van der Waals surface area contributed by atoms with Gasteiger partial charge in [0, 0.05) is 29.4 Å². The number of hydrogen-bond acceptors (Lipinski definition) is 5. The van der Waals surface area contributed by atoms with Crippen LogP contribution < -0.4 is 0 Å². The van der Waals surface area contributed by atoms with Crippen molar-refractivity contribution in [3.05, 3.63) is 21.4 Å². The monoisotopic (exact) mass is 439 g/mol. The highest BCUT2D eigenvalue weighted by Crippen LogP contribution is 2.52. The molecule has 1 unspecified atom stereocenters. The van der Waals surface area contributed by atoms with Crippen LogP contribution in [-0.4, -0.2) is 47.3 Å². The summed E-state index contributed by atoms with van der Waals surface area (Å²) in [6, 6.07) is 0.634. The second kappa shape index (κ2) is 7.39. The Labute approximate surface area is 170 Å². The molecule has 0 radical (unpaired) electrons. The van der Waals surface area contributed by atoms with Gasteiger partial charge in [0.05, 0.1) is 11.5 Å². The number of hydrogen-bond donors (Lipinski definition) is 1. The van der Waals surface area contributed by atoms with E-state index in [1.54, 1.807) is 32.6 Å². The maximum Gasteiger partial charge on any atom is 0.410 e. The van der Waals surface area contributed by atoms with Crippen LogP contribution in [0.5, 0.6) is 0 Å². The van der Waals surface area contributed by atoms with Crippen molar-refractivity contribution in [2.24, 2.45) is 0 Å². The number of carbonyl (C=O) groups is 1. The minimum Gasteiger partial charge on any atom is -0.444 e. The third-order valence-corrected chi connectivity index (χ3v) is 6.62. The topological polar surface area (TPSA) is 59.0 Å². The van der Waals surface area contributed by atoms with Crippen LogP contribution >= 0.6 is 11.3 Å². The van der Waals surface area contributed by atoms with Crippen molar-refractivity contribution in [1.29, 1.82) is 0 Å². The Morgan fingerprint density at radius 1 is 1.41 bits per heavy atom. The minimum atomic E-state index is -4.30. The fourth-order valence-electron chi connectivity index (χ4n) is 3.81. The van der Waals surface area contributed by atoms with Gasteiger partial charge in [-0.3, -0.25) is 0 Å². The van der Waals surface area contributed by atoms with Crippen LogP contribution in [0.1, 0.15) is 62.0 Å². The molecule has 1 fully saturated rings. The summed E-state index contributed by atoms with van der Waals surface area (Å²) < 4.78 is 64.8. The number of aliphatic hydroxyl groups is 1. The molecular weight excluding hydrogens is 414 g/mol. The SMILES string of the molecule is C[C@H]1C[C@@]2(CCN1C(=O)OC(C)(C)C)OCC(O)c1cc(C(F)(F)C(F)F)sc12. The van der Waals surface area contributed by atoms with Crippen molar-refractivity contribution in [1.82, 2.24) is 4.90 Å². The fourth-order valence-corrected chi connectivity index (χ4v) is 5.19. The van der Waals surface area contributed by atoms with Crippen molar-refractivity contribution >= 4 is 17.4 Å². The number of ether oxygens (including phenoxy) is 2. The Morgan fingerprint density at radius 3 is 2.62 bits per heavy atom. The van der Waals surface area contributed by atoms with Gasteiger partial charge in [0.1, 0.15) is 17.3 Å². The van der Waals surface area contributed by atoms with Gasteiger partial charge in [-0.15, -0.1) is 11.3 Å². The second-order valence-electron chi connectivity index (χ2n) is 8.62. The number of piperidine rings is 1. The molecule has 29 heavy (non-hydrogen) atoms. The molecule has 3 rings (SSSR count). The normalized spacial score (nSPS) is 28.0. The Kier molecular flexibility index (Phi) is 5.68. The van der Waals surface area contributed by atoms with Gasteiger partial charge in [0.25, 0.3) is 0 Å². The first-order chi connectivity index (χ1) is 13.3. The number of aliphatic hydroxyl groups excluding tert-OH is 1. The number of likely N-dealkylation sites (tertiary alicyclic amines) is 1. The highest BCUT2D eigenvalue weighted by atomic mass is 32.1. The summed E-state index contributed by atoms with van der Waals surface area (Å²) in [7, 11) is 0. The van der Waals surface area contributed by atoms with Gasteiger partial charge >= 0.3 is 18.4 Å². The molecule has 10 heteroatoms.